The first-order chi connectivity index (χ1) is 3.47. The van der Waals surface area contributed by atoms with Gasteiger partial charge in [-0.15, -0.1) is 0 Å². The topological polar surface area (TPSA) is 36.5 Å². The van der Waals surface area contributed by atoms with Gasteiger partial charge in [0.1, 0.15) is 0 Å². The second-order valence-corrected chi connectivity index (χ2v) is 1.95. The summed E-state index contributed by atoms with van der Waals surface area (Å²) < 4.78 is 0. The van der Waals surface area contributed by atoms with Gasteiger partial charge >= 0.3 is 0 Å². The monoisotopic (exact) mass is 108 g/mol. The van der Waals surface area contributed by atoms with Gasteiger partial charge in [0.05, 0.1) is 0 Å². The van der Waals surface area contributed by atoms with Crippen LogP contribution >= 0.6 is 0 Å². The van der Waals surface area contributed by atoms with Crippen LogP contribution in [0.5, 0.6) is 0 Å². The van der Waals surface area contributed by atoms with Crippen LogP contribution in [0.25, 0.3) is 0 Å². The number of benzene rings is 1. The van der Waals surface area contributed by atoms with Gasteiger partial charge in [-0.2, -0.15) is 0 Å². The Morgan fingerprint density at radius 2 is 1.50 bits per heavy atom. The van der Waals surface area contributed by atoms with Crippen LogP contribution in [-0.4, -0.2) is 0 Å². The quantitative estimate of drug-likeness (QED) is 0.535. The first-order valence-electron chi connectivity index (χ1n) is 2.53. The Bertz CT molecular complexity index is 172. The lowest BCUT2D eigenvalue weighted by Gasteiger charge is -1.69. The Hall–Kier alpha value is -0.820. The van der Waals surface area contributed by atoms with Crippen LogP contribution < -0.4 is 6.15 Å². The molecule has 0 aromatic heterocycles. The number of rotatable bonds is 0. The van der Waals surface area contributed by atoms with Crippen molar-refractivity contribution >= 4 is 0 Å². The SMILES string of the molecule is [NH4+].c1ccc2c(c1)C2. The van der Waals surface area contributed by atoms with E-state index in [4.69, 9.17) is 0 Å². The third-order valence-electron chi connectivity index (χ3n) is 1.37. The molecule has 42 valence electrons. The second-order valence-electron chi connectivity index (χ2n) is 1.95. The van der Waals surface area contributed by atoms with Crippen molar-refractivity contribution in [3.05, 3.63) is 35.4 Å². The van der Waals surface area contributed by atoms with Crippen LogP contribution in [-0.2, 0) is 6.42 Å². The van der Waals surface area contributed by atoms with Crippen molar-refractivity contribution in [3.63, 3.8) is 0 Å². The summed E-state index contributed by atoms with van der Waals surface area (Å²) in [5.41, 5.74) is 3.06. The van der Waals surface area contributed by atoms with Crippen molar-refractivity contribution in [3.8, 4) is 0 Å². The summed E-state index contributed by atoms with van der Waals surface area (Å²) in [6.45, 7) is 0. The number of fused-ring (bicyclic) bond motifs is 1. The molecule has 4 N–H and O–H groups in total. The molecule has 1 aliphatic carbocycles. The zero-order chi connectivity index (χ0) is 4.69. The van der Waals surface area contributed by atoms with Crippen LogP contribution in [0.3, 0.4) is 0 Å². The predicted octanol–water partition coefficient (Wildman–Crippen LogP) is 1.97. The Morgan fingerprint density at radius 1 is 1.00 bits per heavy atom. The average molecular weight is 108 g/mol. The van der Waals surface area contributed by atoms with E-state index in [2.05, 4.69) is 24.3 Å². The maximum atomic E-state index is 2.18. The molecule has 0 saturated heterocycles. The van der Waals surface area contributed by atoms with Gasteiger partial charge in [-0.1, -0.05) is 24.3 Å². The van der Waals surface area contributed by atoms with E-state index in [-0.39, 0.29) is 6.15 Å². The van der Waals surface area contributed by atoms with Crippen LogP contribution in [0.4, 0.5) is 0 Å². The van der Waals surface area contributed by atoms with E-state index >= 15 is 0 Å². The fraction of sp³-hybridized carbons (Fsp3) is 0.143. The Morgan fingerprint density at radius 3 is 1.88 bits per heavy atom. The van der Waals surface area contributed by atoms with Gasteiger partial charge in [0, 0.05) is 0 Å². The van der Waals surface area contributed by atoms with Crippen molar-refractivity contribution < 1.29 is 0 Å². The fourth-order valence-electron chi connectivity index (χ4n) is 0.836. The fourth-order valence-corrected chi connectivity index (χ4v) is 0.836. The highest BCUT2D eigenvalue weighted by Crippen LogP contribution is 2.25. The minimum Gasteiger partial charge on any atom is -0.369 e. The third kappa shape index (κ3) is 0.610. The van der Waals surface area contributed by atoms with E-state index in [9.17, 15) is 0 Å². The second kappa shape index (κ2) is 1.60. The minimum atomic E-state index is 0. The Balaban J connectivity index is 0.000000320. The van der Waals surface area contributed by atoms with Gasteiger partial charge in [0.25, 0.3) is 0 Å². The number of quaternary nitrogens is 1. The average Bonchev–Trinajstić information content (AvgIpc) is 2.41. The van der Waals surface area contributed by atoms with Gasteiger partial charge in [0.2, 0.25) is 0 Å². The van der Waals surface area contributed by atoms with Gasteiger partial charge in [-0.3, -0.25) is 0 Å². The number of hydrogen-bond donors (Lipinski definition) is 1. The van der Waals surface area contributed by atoms with E-state index < -0.39 is 0 Å². The van der Waals surface area contributed by atoms with Crippen molar-refractivity contribution in [2.75, 3.05) is 0 Å². The lowest BCUT2D eigenvalue weighted by Crippen LogP contribution is -1.48. The van der Waals surface area contributed by atoms with Gasteiger partial charge in [-0.25, -0.2) is 0 Å². The summed E-state index contributed by atoms with van der Waals surface area (Å²) in [7, 11) is 0. The smallest absolute Gasteiger partial charge is 0.00201 e. The molecule has 0 spiro atoms. The summed E-state index contributed by atoms with van der Waals surface area (Å²) >= 11 is 0. The van der Waals surface area contributed by atoms with Crippen molar-refractivity contribution in [1.29, 1.82) is 0 Å². The van der Waals surface area contributed by atoms with Crippen molar-refractivity contribution in [2.24, 2.45) is 0 Å². The summed E-state index contributed by atoms with van der Waals surface area (Å²) in [5.74, 6) is 0. The number of hydrogen-bond acceptors (Lipinski definition) is 0. The largest absolute Gasteiger partial charge is 0.369 e. The zero-order valence-electron chi connectivity index (χ0n) is 5.02. The molecule has 1 aliphatic rings. The van der Waals surface area contributed by atoms with E-state index in [1.807, 2.05) is 0 Å². The summed E-state index contributed by atoms with van der Waals surface area (Å²) in [6, 6.07) is 8.53. The van der Waals surface area contributed by atoms with Gasteiger partial charge < -0.3 is 6.15 Å². The normalized spacial score (nSPS) is 11.5. The predicted molar refractivity (Wildman–Crippen MR) is 35.2 cm³/mol. The molecule has 0 bridgehead atoms. The molecular weight excluding hydrogens is 98.1 g/mol. The molecule has 2 rings (SSSR count). The molecule has 0 amide bonds. The summed E-state index contributed by atoms with van der Waals surface area (Å²) in [6.07, 6.45) is 1.24. The van der Waals surface area contributed by atoms with Crippen molar-refractivity contribution in [1.82, 2.24) is 6.15 Å². The van der Waals surface area contributed by atoms with E-state index in [0.717, 1.165) is 0 Å². The maximum absolute atomic E-state index is 2.18. The molecule has 8 heavy (non-hydrogen) atoms. The molecule has 0 radical (unpaired) electrons. The highest BCUT2D eigenvalue weighted by Gasteiger charge is 2.12. The van der Waals surface area contributed by atoms with E-state index in [1.165, 1.54) is 17.5 Å². The first kappa shape index (κ1) is 5.32. The molecule has 1 aromatic rings. The highest BCUT2D eigenvalue weighted by atomic mass is 14.2. The molecule has 0 saturated carbocycles. The Labute approximate surface area is 48.9 Å². The minimum absolute atomic E-state index is 0. The molecule has 0 unspecified atom stereocenters. The lowest BCUT2D eigenvalue weighted by atomic mass is 10.4. The molecular formula is C7H10N+. The van der Waals surface area contributed by atoms with Gasteiger partial charge in [-0.05, 0) is 17.5 Å². The molecule has 1 nitrogen and oxygen atoms in total. The molecule has 0 atom stereocenters. The lowest BCUT2D eigenvalue weighted by molar-refractivity contribution is 1.61. The highest BCUT2D eigenvalue weighted by molar-refractivity contribution is 5.44. The summed E-state index contributed by atoms with van der Waals surface area (Å²) in [5, 5.41) is 0. The van der Waals surface area contributed by atoms with E-state index in [1.54, 1.807) is 0 Å². The van der Waals surface area contributed by atoms with Crippen LogP contribution in [0.1, 0.15) is 11.1 Å². The molecule has 1 aromatic carbocycles. The van der Waals surface area contributed by atoms with Crippen LogP contribution in [0.2, 0.25) is 0 Å². The first-order valence-corrected chi connectivity index (χ1v) is 2.53. The third-order valence-corrected chi connectivity index (χ3v) is 1.37. The van der Waals surface area contributed by atoms with E-state index in [0.29, 0.717) is 0 Å². The molecule has 1 heteroatoms. The Kier molecular flexibility index (Phi) is 1.06. The van der Waals surface area contributed by atoms with Crippen LogP contribution in [0, 0.1) is 0 Å². The van der Waals surface area contributed by atoms with Crippen LogP contribution in [0.15, 0.2) is 24.3 Å². The molecule has 0 heterocycles. The zero-order valence-corrected chi connectivity index (χ0v) is 5.02. The standard InChI is InChI=1S/C7H6.H3N/c1-2-4-7-5-6(7)3-1;/h1-4H,5H2;1H3/p+1. The summed E-state index contributed by atoms with van der Waals surface area (Å²) in [4.78, 5) is 0. The maximum Gasteiger partial charge on any atom is -0.00201 e. The van der Waals surface area contributed by atoms with Crippen molar-refractivity contribution in [2.45, 2.75) is 6.42 Å². The van der Waals surface area contributed by atoms with Gasteiger partial charge in [0.15, 0.2) is 0 Å². The molecule has 0 fully saturated rings. The molecule has 0 aliphatic heterocycles.